The third-order valence-corrected chi connectivity index (χ3v) is 4.99. The minimum Gasteiger partial charge on any atom is -0.492 e. The number of fused-ring (bicyclic) bond motifs is 1. The van der Waals surface area contributed by atoms with E-state index in [-0.39, 0.29) is 11.9 Å². The molecule has 1 unspecified atom stereocenters. The van der Waals surface area contributed by atoms with Gasteiger partial charge in [-0.25, -0.2) is 4.79 Å². The number of hydrogen-bond acceptors (Lipinski definition) is 5. The first-order valence-electron chi connectivity index (χ1n) is 9.90. The first-order valence-corrected chi connectivity index (χ1v) is 9.90. The molecule has 1 aliphatic rings. The molecule has 1 heterocycles. The highest BCUT2D eigenvalue weighted by Gasteiger charge is 2.23. The van der Waals surface area contributed by atoms with Crippen LogP contribution >= 0.6 is 0 Å². The smallest absolute Gasteiger partial charge is 0.335 e. The van der Waals surface area contributed by atoms with Crippen molar-refractivity contribution in [2.75, 3.05) is 33.4 Å². The van der Waals surface area contributed by atoms with E-state index in [0.29, 0.717) is 32.7 Å². The molecular formula is C23H27NO5. The zero-order valence-electron chi connectivity index (χ0n) is 16.9. The van der Waals surface area contributed by atoms with E-state index < -0.39 is 6.10 Å². The molecule has 0 saturated heterocycles. The lowest BCUT2D eigenvalue weighted by molar-refractivity contribution is -0.153. The standard InChI is InChI=1S/C23H27NO5/c1-3-28-21(23(26)27-2)16-17-8-10-19(11-9-17)29-15-14-24-13-12-18-6-4-5-7-20(18)22(24)25/h4-11,21H,3,12-16H2,1-2H3. The number of ether oxygens (including phenoxy) is 3. The predicted octanol–water partition coefficient (Wildman–Crippen LogP) is 2.88. The van der Waals surface area contributed by atoms with Crippen LogP contribution in [0.15, 0.2) is 48.5 Å². The molecule has 1 aliphatic heterocycles. The molecular weight excluding hydrogens is 370 g/mol. The molecule has 1 atom stereocenters. The van der Waals surface area contributed by atoms with Crippen molar-refractivity contribution < 1.29 is 23.8 Å². The number of methoxy groups -OCH3 is 1. The van der Waals surface area contributed by atoms with Crippen molar-refractivity contribution in [3.63, 3.8) is 0 Å². The maximum atomic E-state index is 12.6. The van der Waals surface area contributed by atoms with Crippen LogP contribution in [0.25, 0.3) is 0 Å². The van der Waals surface area contributed by atoms with E-state index in [2.05, 4.69) is 0 Å². The van der Waals surface area contributed by atoms with Gasteiger partial charge in [0, 0.05) is 25.1 Å². The molecule has 29 heavy (non-hydrogen) atoms. The number of carbonyl (C=O) groups excluding carboxylic acids is 2. The van der Waals surface area contributed by atoms with E-state index in [9.17, 15) is 9.59 Å². The molecule has 0 fully saturated rings. The van der Waals surface area contributed by atoms with Crippen LogP contribution < -0.4 is 4.74 Å². The first kappa shape index (κ1) is 20.9. The van der Waals surface area contributed by atoms with Crippen LogP contribution in [-0.2, 0) is 27.1 Å². The normalized spacial score (nSPS) is 14.3. The van der Waals surface area contributed by atoms with E-state index in [1.54, 1.807) is 0 Å². The fourth-order valence-corrected chi connectivity index (χ4v) is 3.44. The van der Waals surface area contributed by atoms with Gasteiger partial charge in [-0.3, -0.25) is 4.79 Å². The van der Waals surface area contributed by atoms with E-state index in [1.165, 1.54) is 7.11 Å². The highest BCUT2D eigenvalue weighted by molar-refractivity contribution is 5.96. The SMILES string of the molecule is CCOC(Cc1ccc(OCCN2CCc3ccccc3C2=O)cc1)C(=O)OC. The number of rotatable bonds is 9. The van der Waals surface area contributed by atoms with Gasteiger partial charge in [-0.05, 0) is 42.7 Å². The Balaban J connectivity index is 1.49. The van der Waals surface area contributed by atoms with Crippen LogP contribution in [0.4, 0.5) is 0 Å². The Labute approximate surface area is 171 Å². The van der Waals surface area contributed by atoms with E-state index in [1.807, 2.05) is 60.4 Å². The summed E-state index contributed by atoms with van der Waals surface area (Å²) < 4.78 is 16.0. The van der Waals surface area contributed by atoms with Crippen LogP contribution in [0.3, 0.4) is 0 Å². The van der Waals surface area contributed by atoms with Gasteiger partial charge in [0.1, 0.15) is 12.4 Å². The van der Waals surface area contributed by atoms with Gasteiger partial charge in [-0.15, -0.1) is 0 Å². The summed E-state index contributed by atoms with van der Waals surface area (Å²) in [5.41, 5.74) is 2.86. The molecule has 0 aliphatic carbocycles. The van der Waals surface area contributed by atoms with Gasteiger partial charge < -0.3 is 19.1 Å². The van der Waals surface area contributed by atoms with Gasteiger partial charge >= 0.3 is 5.97 Å². The maximum Gasteiger partial charge on any atom is 0.335 e. The summed E-state index contributed by atoms with van der Waals surface area (Å²) in [6, 6.07) is 15.3. The second kappa shape index (κ2) is 10.1. The van der Waals surface area contributed by atoms with Crippen LogP contribution in [0, 0.1) is 0 Å². The topological polar surface area (TPSA) is 65.1 Å². The van der Waals surface area contributed by atoms with E-state index >= 15 is 0 Å². The van der Waals surface area contributed by atoms with Crippen molar-refractivity contribution in [3.8, 4) is 5.75 Å². The third kappa shape index (κ3) is 5.35. The number of hydrogen-bond donors (Lipinski definition) is 0. The summed E-state index contributed by atoms with van der Waals surface area (Å²) in [5.74, 6) is 0.417. The fraction of sp³-hybridized carbons (Fsp3) is 0.391. The Hall–Kier alpha value is -2.86. The third-order valence-electron chi connectivity index (χ3n) is 4.99. The second-order valence-corrected chi connectivity index (χ2v) is 6.86. The summed E-state index contributed by atoms with van der Waals surface area (Å²) in [6.07, 6.45) is 0.713. The van der Waals surface area contributed by atoms with E-state index in [4.69, 9.17) is 14.2 Å². The Morgan fingerprint density at radius 2 is 1.90 bits per heavy atom. The number of amides is 1. The van der Waals surface area contributed by atoms with Crippen molar-refractivity contribution in [2.45, 2.75) is 25.9 Å². The monoisotopic (exact) mass is 397 g/mol. The molecule has 0 aromatic heterocycles. The molecule has 3 rings (SSSR count). The average molecular weight is 397 g/mol. The van der Waals surface area contributed by atoms with Crippen LogP contribution in [-0.4, -0.2) is 56.3 Å². The van der Waals surface area contributed by atoms with Crippen molar-refractivity contribution in [1.82, 2.24) is 4.90 Å². The van der Waals surface area contributed by atoms with Gasteiger partial charge in [0.25, 0.3) is 5.91 Å². The highest BCUT2D eigenvalue weighted by Crippen LogP contribution is 2.19. The Morgan fingerprint density at radius 1 is 1.14 bits per heavy atom. The lowest BCUT2D eigenvalue weighted by Gasteiger charge is -2.28. The van der Waals surface area contributed by atoms with Gasteiger partial charge in [-0.1, -0.05) is 30.3 Å². The molecule has 0 radical (unpaired) electrons. The lowest BCUT2D eigenvalue weighted by atomic mass is 9.99. The largest absolute Gasteiger partial charge is 0.492 e. The Kier molecular flexibility index (Phi) is 7.25. The zero-order valence-corrected chi connectivity index (χ0v) is 16.9. The van der Waals surface area contributed by atoms with Crippen LogP contribution in [0.5, 0.6) is 5.75 Å². The number of benzene rings is 2. The van der Waals surface area contributed by atoms with Crippen LogP contribution in [0.2, 0.25) is 0 Å². The maximum absolute atomic E-state index is 12.6. The lowest BCUT2D eigenvalue weighted by Crippen LogP contribution is -2.40. The van der Waals surface area contributed by atoms with Gasteiger partial charge in [0.15, 0.2) is 6.10 Å². The molecule has 154 valence electrons. The number of nitrogens with zero attached hydrogens (tertiary/aromatic N) is 1. The molecule has 0 bridgehead atoms. The van der Waals surface area contributed by atoms with Gasteiger partial charge in [0.2, 0.25) is 0 Å². The quantitative estimate of drug-likeness (QED) is 0.609. The minimum absolute atomic E-state index is 0.0653. The summed E-state index contributed by atoms with van der Waals surface area (Å²) in [5, 5.41) is 0. The van der Waals surface area contributed by atoms with E-state index in [0.717, 1.165) is 28.9 Å². The van der Waals surface area contributed by atoms with Crippen molar-refractivity contribution in [1.29, 1.82) is 0 Å². The summed E-state index contributed by atoms with van der Waals surface area (Å²) >= 11 is 0. The summed E-state index contributed by atoms with van der Waals surface area (Å²) in [4.78, 5) is 26.2. The van der Waals surface area contributed by atoms with Crippen molar-refractivity contribution in [3.05, 3.63) is 65.2 Å². The second-order valence-electron chi connectivity index (χ2n) is 6.86. The predicted molar refractivity (Wildman–Crippen MR) is 109 cm³/mol. The Morgan fingerprint density at radius 3 is 2.62 bits per heavy atom. The molecule has 2 aromatic carbocycles. The Bertz CT molecular complexity index is 833. The van der Waals surface area contributed by atoms with Gasteiger partial charge in [-0.2, -0.15) is 0 Å². The summed E-state index contributed by atoms with van der Waals surface area (Å²) in [6.45, 7) is 3.98. The number of esters is 1. The van der Waals surface area contributed by atoms with Crippen molar-refractivity contribution in [2.24, 2.45) is 0 Å². The fourth-order valence-electron chi connectivity index (χ4n) is 3.44. The first-order chi connectivity index (χ1) is 14.1. The van der Waals surface area contributed by atoms with Crippen LogP contribution in [0.1, 0.15) is 28.4 Å². The molecule has 0 saturated carbocycles. The van der Waals surface area contributed by atoms with Crippen molar-refractivity contribution >= 4 is 11.9 Å². The molecule has 1 amide bonds. The molecule has 0 N–H and O–H groups in total. The molecule has 0 spiro atoms. The highest BCUT2D eigenvalue weighted by atomic mass is 16.6. The minimum atomic E-state index is -0.607. The average Bonchev–Trinajstić information content (AvgIpc) is 2.76. The molecule has 2 aromatic rings. The zero-order chi connectivity index (χ0) is 20.6. The summed E-state index contributed by atoms with van der Waals surface area (Å²) in [7, 11) is 1.36. The number of carbonyl (C=O) groups is 2. The van der Waals surface area contributed by atoms with Gasteiger partial charge in [0.05, 0.1) is 13.7 Å². The molecule has 6 nitrogen and oxygen atoms in total. The molecule has 6 heteroatoms.